The van der Waals surface area contributed by atoms with E-state index in [-0.39, 0.29) is 12.2 Å². The van der Waals surface area contributed by atoms with E-state index in [2.05, 4.69) is 5.32 Å². The lowest BCUT2D eigenvalue weighted by atomic mass is 9.86. The fourth-order valence-corrected chi connectivity index (χ4v) is 5.66. The molecule has 0 radical (unpaired) electrons. The number of methoxy groups -OCH3 is 1. The summed E-state index contributed by atoms with van der Waals surface area (Å²) >= 11 is 1.12. The highest BCUT2D eigenvalue weighted by atomic mass is 32.2. The maximum absolute atomic E-state index is 13.2. The maximum Gasteiger partial charge on any atom is 0.357 e. The molecule has 0 saturated carbocycles. The molecule has 0 bridgehead atoms. The van der Waals surface area contributed by atoms with Crippen molar-refractivity contribution in [1.82, 2.24) is 10.2 Å². The SMILES string of the molecule is CO[C@@]1(NC(=O)Cc2ccccc2)C(=O)N2[C@@H]1SCC(CC(=O)OC(C)(C)C)C2(O)C(=O)O. The van der Waals surface area contributed by atoms with Gasteiger partial charge in [-0.25, -0.2) is 4.79 Å². The molecule has 33 heavy (non-hydrogen) atoms. The van der Waals surface area contributed by atoms with Gasteiger partial charge < -0.3 is 25.0 Å². The molecule has 11 heteroatoms. The van der Waals surface area contributed by atoms with Gasteiger partial charge in [0.2, 0.25) is 11.6 Å². The van der Waals surface area contributed by atoms with Crippen molar-refractivity contribution in [3.8, 4) is 0 Å². The Labute approximate surface area is 195 Å². The Bertz CT molecular complexity index is 949. The van der Waals surface area contributed by atoms with Gasteiger partial charge in [0.25, 0.3) is 11.6 Å². The second kappa shape index (κ2) is 8.96. The molecule has 0 aromatic heterocycles. The number of aliphatic hydroxyl groups is 1. The summed E-state index contributed by atoms with van der Waals surface area (Å²) in [5.74, 6) is -4.85. The number of amides is 2. The van der Waals surface area contributed by atoms with Crippen LogP contribution in [0.3, 0.4) is 0 Å². The lowest BCUT2D eigenvalue weighted by Gasteiger charge is -2.61. The second-order valence-electron chi connectivity index (χ2n) is 9.03. The normalized spacial score (nSPS) is 29.0. The van der Waals surface area contributed by atoms with Crippen molar-refractivity contribution in [2.45, 2.75) is 56.0 Å². The van der Waals surface area contributed by atoms with Gasteiger partial charge in [-0.05, 0) is 26.3 Å². The Kier molecular flexibility index (Phi) is 6.79. The third-order valence-corrected chi connectivity index (χ3v) is 6.97. The summed E-state index contributed by atoms with van der Waals surface area (Å²) in [4.78, 5) is 51.0. The van der Waals surface area contributed by atoms with Crippen molar-refractivity contribution >= 4 is 35.5 Å². The number of carboxylic acid groups (broad SMARTS) is 1. The van der Waals surface area contributed by atoms with E-state index in [4.69, 9.17) is 9.47 Å². The lowest BCUT2D eigenvalue weighted by molar-refractivity contribution is -0.252. The highest BCUT2D eigenvalue weighted by Gasteiger charge is 2.74. The van der Waals surface area contributed by atoms with E-state index in [1.807, 2.05) is 6.07 Å². The monoisotopic (exact) mass is 480 g/mol. The van der Waals surface area contributed by atoms with Crippen LogP contribution in [0.1, 0.15) is 32.8 Å². The molecule has 4 atom stereocenters. The Morgan fingerprint density at radius 3 is 2.42 bits per heavy atom. The molecule has 2 unspecified atom stereocenters. The Hall–Kier alpha value is -2.63. The highest BCUT2D eigenvalue weighted by molar-refractivity contribution is 8.00. The number of aliphatic carboxylic acids is 1. The van der Waals surface area contributed by atoms with Crippen LogP contribution in [0.2, 0.25) is 0 Å². The summed E-state index contributed by atoms with van der Waals surface area (Å²) < 4.78 is 10.6. The summed E-state index contributed by atoms with van der Waals surface area (Å²) in [6, 6.07) is 8.88. The molecule has 2 amide bonds. The zero-order chi connectivity index (χ0) is 24.6. The number of thioether (sulfide) groups is 1. The van der Waals surface area contributed by atoms with Gasteiger partial charge in [0.1, 0.15) is 11.0 Å². The first kappa shape index (κ1) is 25.0. The highest BCUT2D eigenvalue weighted by Crippen LogP contribution is 2.51. The molecule has 3 N–H and O–H groups in total. The molecule has 2 aliphatic rings. The number of rotatable bonds is 7. The van der Waals surface area contributed by atoms with Crippen LogP contribution in [0.25, 0.3) is 0 Å². The fourth-order valence-electron chi connectivity index (χ4n) is 4.00. The summed E-state index contributed by atoms with van der Waals surface area (Å²) in [5, 5.41) is 22.5. The zero-order valence-corrected chi connectivity index (χ0v) is 19.7. The average Bonchev–Trinajstić information content (AvgIpc) is 2.72. The largest absolute Gasteiger partial charge is 0.478 e. The van der Waals surface area contributed by atoms with E-state index in [0.717, 1.165) is 22.2 Å². The number of nitrogens with zero attached hydrogens (tertiary/aromatic N) is 1. The number of benzene rings is 1. The number of hydrogen-bond acceptors (Lipinski definition) is 8. The molecule has 180 valence electrons. The van der Waals surface area contributed by atoms with Gasteiger partial charge in [-0.15, -0.1) is 11.8 Å². The van der Waals surface area contributed by atoms with Crippen molar-refractivity contribution in [2.24, 2.45) is 5.92 Å². The predicted octanol–water partition coefficient (Wildman–Crippen LogP) is 0.724. The van der Waals surface area contributed by atoms with Crippen molar-refractivity contribution in [3.63, 3.8) is 0 Å². The van der Waals surface area contributed by atoms with E-state index < -0.39 is 58.5 Å². The number of carbonyl (C=O) groups is 4. The zero-order valence-electron chi connectivity index (χ0n) is 18.9. The van der Waals surface area contributed by atoms with E-state index >= 15 is 0 Å². The topological polar surface area (TPSA) is 142 Å². The summed E-state index contributed by atoms with van der Waals surface area (Å²) in [7, 11) is 1.23. The Balaban J connectivity index is 1.80. The minimum atomic E-state index is -2.66. The van der Waals surface area contributed by atoms with Crippen LogP contribution in [0.15, 0.2) is 30.3 Å². The van der Waals surface area contributed by atoms with Crippen molar-refractivity contribution in [3.05, 3.63) is 35.9 Å². The molecular weight excluding hydrogens is 452 g/mol. The second-order valence-corrected chi connectivity index (χ2v) is 10.1. The number of fused-ring (bicyclic) bond motifs is 1. The van der Waals surface area contributed by atoms with E-state index in [0.29, 0.717) is 0 Å². The van der Waals surface area contributed by atoms with Crippen LogP contribution in [0.4, 0.5) is 0 Å². The van der Waals surface area contributed by atoms with Gasteiger partial charge in [0.15, 0.2) is 0 Å². The molecule has 0 aliphatic carbocycles. The van der Waals surface area contributed by atoms with Crippen LogP contribution >= 0.6 is 11.8 Å². The van der Waals surface area contributed by atoms with Crippen molar-refractivity contribution in [2.75, 3.05) is 12.9 Å². The van der Waals surface area contributed by atoms with Crippen LogP contribution in [0.5, 0.6) is 0 Å². The third-order valence-electron chi connectivity index (χ3n) is 5.51. The molecular formula is C22H28N2O8S. The van der Waals surface area contributed by atoms with Crippen molar-refractivity contribution < 1.29 is 38.9 Å². The van der Waals surface area contributed by atoms with Gasteiger partial charge in [0, 0.05) is 18.8 Å². The number of β-lactam (4-membered cyclic amide) rings is 1. The van der Waals surface area contributed by atoms with Gasteiger partial charge in [-0.1, -0.05) is 30.3 Å². The van der Waals surface area contributed by atoms with Crippen molar-refractivity contribution in [1.29, 1.82) is 0 Å². The van der Waals surface area contributed by atoms with Gasteiger partial charge in [0.05, 0.1) is 12.8 Å². The van der Waals surface area contributed by atoms with Crippen LogP contribution < -0.4 is 5.32 Å². The molecule has 3 rings (SSSR count). The molecule has 2 fully saturated rings. The van der Waals surface area contributed by atoms with E-state index in [1.54, 1.807) is 45.0 Å². The number of nitrogens with one attached hydrogen (secondary N) is 1. The molecule has 1 aromatic rings. The number of hydrogen-bond donors (Lipinski definition) is 3. The van der Waals surface area contributed by atoms with E-state index in [1.165, 1.54) is 7.11 Å². The Morgan fingerprint density at radius 2 is 1.88 bits per heavy atom. The van der Waals surface area contributed by atoms with E-state index in [9.17, 15) is 29.4 Å². The first-order chi connectivity index (χ1) is 15.3. The summed E-state index contributed by atoms with van der Waals surface area (Å²) in [5.41, 5.74) is -4.54. The van der Waals surface area contributed by atoms with Gasteiger partial charge in [-0.3, -0.25) is 19.3 Å². The van der Waals surface area contributed by atoms with Gasteiger partial charge in [-0.2, -0.15) is 0 Å². The van der Waals surface area contributed by atoms with Crippen LogP contribution in [0, 0.1) is 5.92 Å². The number of ether oxygens (including phenoxy) is 2. The first-order valence-electron chi connectivity index (χ1n) is 10.4. The molecule has 2 saturated heterocycles. The molecule has 10 nitrogen and oxygen atoms in total. The van der Waals surface area contributed by atoms with Crippen LogP contribution in [-0.2, 0) is 35.1 Å². The summed E-state index contributed by atoms with van der Waals surface area (Å²) in [6.07, 6.45) is -0.412. The number of carbonyl (C=O) groups excluding carboxylic acids is 3. The first-order valence-corrected chi connectivity index (χ1v) is 11.4. The van der Waals surface area contributed by atoms with Gasteiger partial charge >= 0.3 is 11.9 Å². The van der Waals surface area contributed by atoms with Crippen LogP contribution in [-0.4, -0.2) is 74.2 Å². The Morgan fingerprint density at radius 1 is 1.24 bits per heavy atom. The summed E-state index contributed by atoms with van der Waals surface area (Å²) in [6.45, 7) is 5.01. The minimum Gasteiger partial charge on any atom is -0.478 e. The third kappa shape index (κ3) is 4.57. The quantitative estimate of drug-likeness (QED) is 0.292. The lowest BCUT2D eigenvalue weighted by Crippen LogP contribution is -2.87. The smallest absolute Gasteiger partial charge is 0.357 e. The minimum absolute atomic E-state index is 0.0128. The molecule has 2 heterocycles. The molecule has 2 aliphatic heterocycles. The number of carboxylic acids is 1. The number of esters is 1. The average molecular weight is 481 g/mol. The predicted molar refractivity (Wildman–Crippen MR) is 118 cm³/mol. The standard InChI is InChI=1S/C22H28N2O8S/c1-20(2,3)32-16(26)11-14-12-33-18-21(31-4,17(27)24(18)22(14,30)19(28)29)23-15(25)10-13-8-6-5-7-9-13/h5-9,14,18,30H,10-12H2,1-4H3,(H,23,25)(H,28,29)/t14?,18-,21+,22?/m1/s1. The molecule has 0 spiro atoms. The maximum atomic E-state index is 13.2. The fraction of sp³-hybridized carbons (Fsp3) is 0.545. The molecule has 1 aromatic carbocycles.